The molecule has 1 aliphatic heterocycles. The van der Waals surface area contributed by atoms with Crippen LogP contribution in [0.2, 0.25) is 0 Å². The molecule has 2 aromatic heterocycles. The lowest BCUT2D eigenvalue weighted by molar-refractivity contribution is 0.193. The van der Waals surface area contributed by atoms with Gasteiger partial charge in [0, 0.05) is 32.3 Å². The predicted molar refractivity (Wildman–Crippen MR) is 80.1 cm³/mol. The summed E-state index contributed by atoms with van der Waals surface area (Å²) in [4.78, 5) is 14.2. The Labute approximate surface area is 122 Å². The fourth-order valence-electron chi connectivity index (χ4n) is 2.62. The molecule has 1 atom stereocenters. The number of hydrogen-bond acceptors (Lipinski definition) is 3. The molecule has 0 aromatic carbocycles. The van der Waals surface area contributed by atoms with Gasteiger partial charge >= 0.3 is 6.03 Å². The van der Waals surface area contributed by atoms with Gasteiger partial charge in [0.15, 0.2) is 0 Å². The summed E-state index contributed by atoms with van der Waals surface area (Å²) in [5, 5.41) is 10.0. The minimum atomic E-state index is 0.000963. The number of thiophene rings is 1. The topological polar surface area (TPSA) is 50.2 Å². The van der Waals surface area contributed by atoms with Crippen molar-refractivity contribution in [3.63, 3.8) is 0 Å². The van der Waals surface area contributed by atoms with Gasteiger partial charge in [-0.2, -0.15) is 5.10 Å². The van der Waals surface area contributed by atoms with Crippen LogP contribution in [0.1, 0.15) is 24.3 Å². The van der Waals surface area contributed by atoms with Crippen molar-refractivity contribution in [2.75, 3.05) is 18.4 Å². The van der Waals surface area contributed by atoms with E-state index in [0.717, 1.165) is 30.9 Å². The van der Waals surface area contributed by atoms with E-state index in [4.69, 9.17) is 0 Å². The van der Waals surface area contributed by atoms with Gasteiger partial charge in [-0.25, -0.2) is 4.79 Å². The van der Waals surface area contributed by atoms with Crippen molar-refractivity contribution >= 4 is 22.4 Å². The molecule has 2 aromatic rings. The first-order valence-corrected chi connectivity index (χ1v) is 7.68. The van der Waals surface area contributed by atoms with E-state index in [2.05, 4.69) is 10.4 Å². The molecule has 0 radical (unpaired) electrons. The molecule has 106 valence electrons. The highest BCUT2D eigenvalue weighted by molar-refractivity contribution is 7.14. The molecule has 2 amide bonds. The van der Waals surface area contributed by atoms with Gasteiger partial charge in [0.2, 0.25) is 0 Å². The number of amides is 2. The van der Waals surface area contributed by atoms with Crippen molar-refractivity contribution in [1.29, 1.82) is 0 Å². The molecular formula is C14H18N4OS. The Kier molecular flexibility index (Phi) is 3.73. The van der Waals surface area contributed by atoms with Crippen LogP contribution in [0.4, 0.5) is 9.80 Å². The van der Waals surface area contributed by atoms with Crippen molar-refractivity contribution in [3.8, 4) is 0 Å². The summed E-state index contributed by atoms with van der Waals surface area (Å²) >= 11 is 1.54. The van der Waals surface area contributed by atoms with E-state index in [-0.39, 0.29) is 6.03 Å². The molecule has 3 heterocycles. The highest BCUT2D eigenvalue weighted by Gasteiger charge is 2.25. The van der Waals surface area contributed by atoms with Gasteiger partial charge in [-0.15, -0.1) is 11.3 Å². The average Bonchev–Trinajstić information content (AvgIpc) is 3.10. The average molecular weight is 290 g/mol. The number of carbonyl (C=O) groups excluding carboxylic acids is 1. The maximum absolute atomic E-state index is 12.2. The lowest BCUT2D eigenvalue weighted by Gasteiger charge is -2.32. The second kappa shape index (κ2) is 5.66. The Hall–Kier alpha value is -1.82. The number of piperidine rings is 1. The second-order valence-electron chi connectivity index (χ2n) is 5.14. The van der Waals surface area contributed by atoms with Crippen LogP contribution in [-0.2, 0) is 7.05 Å². The first-order chi connectivity index (χ1) is 9.72. The number of aryl methyl sites for hydroxylation is 1. The fraction of sp³-hybridized carbons (Fsp3) is 0.429. The lowest BCUT2D eigenvalue weighted by Crippen LogP contribution is -2.41. The Morgan fingerprint density at radius 3 is 3.15 bits per heavy atom. The molecule has 1 fully saturated rings. The zero-order valence-electron chi connectivity index (χ0n) is 11.5. The van der Waals surface area contributed by atoms with Crippen LogP contribution in [0, 0.1) is 0 Å². The van der Waals surface area contributed by atoms with E-state index in [9.17, 15) is 4.79 Å². The molecule has 1 N–H and O–H groups in total. The quantitative estimate of drug-likeness (QED) is 0.924. The summed E-state index contributed by atoms with van der Waals surface area (Å²) in [6.07, 6.45) is 6.11. The molecule has 6 heteroatoms. The van der Waals surface area contributed by atoms with Gasteiger partial charge in [-0.1, -0.05) is 0 Å². The summed E-state index contributed by atoms with van der Waals surface area (Å²) in [6.45, 7) is 1.59. The largest absolute Gasteiger partial charge is 0.324 e. The maximum Gasteiger partial charge on any atom is 0.322 e. The van der Waals surface area contributed by atoms with E-state index < -0.39 is 0 Å². The molecule has 1 unspecified atom stereocenters. The number of likely N-dealkylation sites (tertiary alicyclic amines) is 1. The second-order valence-corrected chi connectivity index (χ2v) is 6.09. The van der Waals surface area contributed by atoms with Gasteiger partial charge in [0.25, 0.3) is 0 Å². The smallest absolute Gasteiger partial charge is 0.322 e. The molecule has 1 aliphatic rings. The molecule has 1 saturated heterocycles. The Balaban J connectivity index is 1.64. The van der Waals surface area contributed by atoms with Gasteiger partial charge in [0.05, 0.1) is 11.2 Å². The first-order valence-electron chi connectivity index (χ1n) is 6.80. The predicted octanol–water partition coefficient (Wildman–Crippen LogP) is 2.89. The van der Waals surface area contributed by atoms with Gasteiger partial charge in [-0.3, -0.25) is 10.00 Å². The molecule has 0 aliphatic carbocycles. The summed E-state index contributed by atoms with van der Waals surface area (Å²) in [5.74, 6) is 0.395. The first kappa shape index (κ1) is 13.2. The van der Waals surface area contributed by atoms with E-state index in [1.165, 1.54) is 5.56 Å². The van der Waals surface area contributed by atoms with Crippen LogP contribution < -0.4 is 5.32 Å². The number of aromatic nitrogens is 2. The van der Waals surface area contributed by atoms with Crippen molar-refractivity contribution in [2.24, 2.45) is 7.05 Å². The maximum atomic E-state index is 12.2. The molecule has 0 saturated carbocycles. The molecule has 5 nitrogen and oxygen atoms in total. The normalized spacial score (nSPS) is 19.1. The van der Waals surface area contributed by atoms with Crippen LogP contribution in [0.15, 0.2) is 29.9 Å². The minimum absolute atomic E-state index is 0.000963. The van der Waals surface area contributed by atoms with E-state index in [1.807, 2.05) is 46.5 Å². The van der Waals surface area contributed by atoms with E-state index in [1.54, 1.807) is 11.3 Å². The Morgan fingerprint density at radius 1 is 1.55 bits per heavy atom. The van der Waals surface area contributed by atoms with E-state index >= 15 is 0 Å². The Morgan fingerprint density at radius 2 is 2.45 bits per heavy atom. The summed E-state index contributed by atoms with van der Waals surface area (Å²) in [7, 11) is 1.92. The van der Waals surface area contributed by atoms with Crippen LogP contribution in [0.25, 0.3) is 0 Å². The minimum Gasteiger partial charge on any atom is -0.324 e. The van der Waals surface area contributed by atoms with Gasteiger partial charge in [-0.05, 0) is 35.9 Å². The SMILES string of the molecule is Cn1cc(C2CCCN(C(=O)Nc3cccs3)C2)cn1. The van der Waals surface area contributed by atoms with Crippen LogP contribution >= 0.6 is 11.3 Å². The standard InChI is InChI=1S/C14H18N4OS/c1-17-9-12(8-15-17)11-4-2-6-18(10-11)14(19)16-13-5-3-7-20-13/h3,5,7-9,11H,2,4,6,10H2,1H3,(H,16,19). The molecular weight excluding hydrogens is 272 g/mol. The summed E-state index contributed by atoms with van der Waals surface area (Å²) < 4.78 is 1.82. The number of nitrogens with one attached hydrogen (secondary N) is 1. The monoisotopic (exact) mass is 290 g/mol. The highest BCUT2D eigenvalue weighted by Crippen LogP contribution is 2.27. The third-order valence-electron chi connectivity index (χ3n) is 3.66. The third-order valence-corrected chi connectivity index (χ3v) is 4.44. The summed E-state index contributed by atoms with van der Waals surface area (Å²) in [5.41, 5.74) is 1.22. The molecule has 0 bridgehead atoms. The zero-order chi connectivity index (χ0) is 13.9. The fourth-order valence-corrected chi connectivity index (χ4v) is 3.23. The van der Waals surface area contributed by atoms with Crippen LogP contribution in [-0.4, -0.2) is 33.8 Å². The zero-order valence-corrected chi connectivity index (χ0v) is 12.3. The lowest BCUT2D eigenvalue weighted by atomic mass is 9.93. The molecule has 20 heavy (non-hydrogen) atoms. The van der Waals surface area contributed by atoms with Gasteiger partial charge < -0.3 is 4.90 Å². The molecule has 0 spiro atoms. The number of urea groups is 1. The number of carbonyl (C=O) groups is 1. The van der Waals surface area contributed by atoms with Crippen molar-refractivity contribution in [1.82, 2.24) is 14.7 Å². The number of hydrogen-bond donors (Lipinski definition) is 1. The van der Waals surface area contributed by atoms with Crippen LogP contribution in [0.3, 0.4) is 0 Å². The number of rotatable bonds is 2. The van der Waals surface area contributed by atoms with Crippen LogP contribution in [0.5, 0.6) is 0 Å². The van der Waals surface area contributed by atoms with E-state index in [0.29, 0.717) is 5.92 Å². The van der Waals surface area contributed by atoms with Crippen molar-refractivity contribution in [3.05, 3.63) is 35.5 Å². The number of nitrogens with zero attached hydrogens (tertiary/aromatic N) is 3. The van der Waals surface area contributed by atoms with Gasteiger partial charge in [0.1, 0.15) is 0 Å². The summed E-state index contributed by atoms with van der Waals surface area (Å²) in [6, 6.07) is 3.86. The Bertz CT molecular complexity index is 578. The van der Waals surface area contributed by atoms with Crippen molar-refractivity contribution in [2.45, 2.75) is 18.8 Å². The van der Waals surface area contributed by atoms with Crippen molar-refractivity contribution < 1.29 is 4.79 Å². The third kappa shape index (κ3) is 2.85. The number of anilines is 1. The molecule has 3 rings (SSSR count). The highest BCUT2D eigenvalue weighted by atomic mass is 32.1.